The van der Waals surface area contributed by atoms with Crippen molar-refractivity contribution in [3.63, 3.8) is 0 Å². The molecule has 0 atom stereocenters. The average molecular weight is 280 g/mol. The second-order valence-corrected chi connectivity index (χ2v) is 5.19. The zero-order valence-electron chi connectivity index (χ0n) is 11.9. The van der Waals surface area contributed by atoms with E-state index in [2.05, 4.69) is 34.3 Å². The molecule has 3 rings (SSSR count). The van der Waals surface area contributed by atoms with Gasteiger partial charge < -0.3 is 5.32 Å². The first-order chi connectivity index (χ1) is 10.2. The van der Waals surface area contributed by atoms with Gasteiger partial charge in [-0.25, -0.2) is 0 Å². The molecule has 0 aliphatic heterocycles. The summed E-state index contributed by atoms with van der Waals surface area (Å²) in [6.07, 6.45) is 3.30. The maximum absolute atomic E-state index is 12.4. The number of pyridine rings is 1. The predicted octanol–water partition coefficient (Wildman–Crippen LogP) is 3.33. The van der Waals surface area contributed by atoms with Gasteiger partial charge in [0.25, 0.3) is 5.91 Å². The van der Waals surface area contributed by atoms with Crippen molar-refractivity contribution in [2.24, 2.45) is 0 Å². The van der Waals surface area contributed by atoms with Gasteiger partial charge >= 0.3 is 0 Å². The lowest BCUT2D eigenvalue weighted by molar-refractivity contribution is 0.102. The van der Waals surface area contributed by atoms with Gasteiger partial charge in [0.05, 0.1) is 10.9 Å². The summed E-state index contributed by atoms with van der Waals surface area (Å²) < 4.78 is 0. The third-order valence-electron chi connectivity index (χ3n) is 3.41. The molecule has 2 N–H and O–H groups in total. The fraction of sp³-hybridized carbons (Fsp3) is 0.188. The van der Waals surface area contributed by atoms with Crippen molar-refractivity contribution in [3.05, 3.63) is 54.0 Å². The van der Waals surface area contributed by atoms with E-state index in [9.17, 15) is 4.79 Å². The fourth-order valence-electron chi connectivity index (χ4n) is 2.33. The van der Waals surface area contributed by atoms with Crippen LogP contribution in [0.1, 0.15) is 35.8 Å². The molecule has 2 aromatic heterocycles. The molecule has 0 unspecified atom stereocenters. The Morgan fingerprint density at radius 2 is 2.05 bits per heavy atom. The second kappa shape index (κ2) is 5.36. The van der Waals surface area contributed by atoms with Crippen LogP contribution in [0.4, 0.5) is 5.69 Å². The van der Waals surface area contributed by atoms with Gasteiger partial charge in [-0.05, 0) is 23.6 Å². The van der Waals surface area contributed by atoms with Crippen molar-refractivity contribution in [2.45, 2.75) is 19.8 Å². The Morgan fingerprint density at radius 1 is 1.24 bits per heavy atom. The molecule has 0 radical (unpaired) electrons. The van der Waals surface area contributed by atoms with Crippen LogP contribution in [0.25, 0.3) is 10.9 Å². The van der Waals surface area contributed by atoms with Gasteiger partial charge in [-0.15, -0.1) is 0 Å². The molecular weight excluding hydrogens is 264 g/mol. The Labute approximate surface area is 122 Å². The van der Waals surface area contributed by atoms with Crippen LogP contribution in [0.15, 0.2) is 42.7 Å². The molecule has 3 aromatic rings. The number of carbonyl (C=O) groups excluding carboxylic acids is 1. The fourth-order valence-corrected chi connectivity index (χ4v) is 2.33. The molecule has 0 bridgehead atoms. The zero-order chi connectivity index (χ0) is 14.8. The molecule has 5 nitrogen and oxygen atoms in total. The smallest absolute Gasteiger partial charge is 0.276 e. The third kappa shape index (κ3) is 2.50. The first-order valence-corrected chi connectivity index (χ1v) is 6.85. The van der Waals surface area contributed by atoms with Gasteiger partial charge in [-0.1, -0.05) is 32.0 Å². The number of fused-ring (bicyclic) bond motifs is 1. The Bertz CT molecular complexity index is 792. The number of aromatic nitrogens is 3. The molecule has 21 heavy (non-hydrogen) atoms. The van der Waals surface area contributed by atoms with Crippen LogP contribution in [0.5, 0.6) is 0 Å². The summed E-state index contributed by atoms with van der Waals surface area (Å²) in [4.78, 5) is 16.5. The molecule has 0 aliphatic rings. The third-order valence-corrected chi connectivity index (χ3v) is 3.41. The molecule has 106 valence electrons. The van der Waals surface area contributed by atoms with E-state index in [4.69, 9.17) is 0 Å². The van der Waals surface area contributed by atoms with Crippen molar-refractivity contribution in [1.82, 2.24) is 15.2 Å². The molecule has 0 spiro atoms. The topological polar surface area (TPSA) is 70.7 Å². The highest BCUT2D eigenvalue weighted by molar-refractivity contribution is 6.11. The number of rotatable bonds is 3. The van der Waals surface area contributed by atoms with E-state index in [0.717, 1.165) is 22.2 Å². The highest BCUT2D eigenvalue weighted by Gasteiger charge is 2.16. The van der Waals surface area contributed by atoms with Crippen LogP contribution in [-0.2, 0) is 0 Å². The molecule has 1 aromatic carbocycles. The monoisotopic (exact) mass is 280 g/mol. The molecule has 0 saturated carbocycles. The predicted molar refractivity (Wildman–Crippen MR) is 82.4 cm³/mol. The summed E-state index contributed by atoms with van der Waals surface area (Å²) in [5.74, 6) is 0.0986. The quantitative estimate of drug-likeness (QED) is 0.773. The van der Waals surface area contributed by atoms with E-state index in [0.29, 0.717) is 11.6 Å². The highest BCUT2D eigenvalue weighted by atomic mass is 16.1. The van der Waals surface area contributed by atoms with E-state index in [-0.39, 0.29) is 5.91 Å². The molecule has 5 heteroatoms. The molecule has 1 amide bonds. The highest BCUT2D eigenvalue weighted by Crippen LogP contribution is 2.24. The Balaban J connectivity index is 1.94. The number of anilines is 1. The van der Waals surface area contributed by atoms with Crippen molar-refractivity contribution >= 4 is 22.5 Å². The number of carbonyl (C=O) groups is 1. The lowest BCUT2D eigenvalue weighted by Gasteiger charge is -2.12. The standard InChI is InChI=1S/C16H16N4O/c1-10(2)11-5-3-4-6-13(11)18-16(21)15-12-9-17-8-7-14(12)19-20-15/h3-10H,1-2H3,(H,18,21)(H,19,20). The minimum absolute atomic E-state index is 0.234. The summed E-state index contributed by atoms with van der Waals surface area (Å²) in [7, 11) is 0. The lowest BCUT2D eigenvalue weighted by Crippen LogP contribution is -2.14. The summed E-state index contributed by atoms with van der Waals surface area (Å²) >= 11 is 0. The number of aromatic amines is 1. The van der Waals surface area contributed by atoms with Crippen LogP contribution < -0.4 is 5.32 Å². The van der Waals surface area contributed by atoms with Crippen LogP contribution in [0.2, 0.25) is 0 Å². The molecule has 2 heterocycles. The van der Waals surface area contributed by atoms with Gasteiger partial charge in [-0.2, -0.15) is 5.10 Å². The Hall–Kier alpha value is -2.69. The normalized spacial score (nSPS) is 11.0. The van der Waals surface area contributed by atoms with E-state index >= 15 is 0 Å². The molecule has 0 aliphatic carbocycles. The van der Waals surface area contributed by atoms with Gasteiger partial charge in [0.15, 0.2) is 5.69 Å². The number of hydrogen-bond donors (Lipinski definition) is 2. The van der Waals surface area contributed by atoms with Crippen LogP contribution >= 0.6 is 0 Å². The number of H-pyrrole nitrogens is 1. The first-order valence-electron chi connectivity index (χ1n) is 6.85. The number of para-hydroxylation sites is 1. The average Bonchev–Trinajstić information content (AvgIpc) is 2.91. The van der Waals surface area contributed by atoms with Gasteiger partial charge in [0.2, 0.25) is 0 Å². The number of amides is 1. The summed E-state index contributed by atoms with van der Waals surface area (Å²) in [5.41, 5.74) is 3.07. The van der Waals surface area contributed by atoms with Crippen molar-refractivity contribution in [1.29, 1.82) is 0 Å². The van der Waals surface area contributed by atoms with Gasteiger partial charge in [0.1, 0.15) is 0 Å². The van der Waals surface area contributed by atoms with Crippen LogP contribution in [0.3, 0.4) is 0 Å². The largest absolute Gasteiger partial charge is 0.320 e. The SMILES string of the molecule is CC(C)c1ccccc1NC(=O)c1n[nH]c2ccncc12. The number of hydrogen-bond acceptors (Lipinski definition) is 3. The number of benzene rings is 1. The van der Waals surface area contributed by atoms with Crippen molar-refractivity contribution in [3.8, 4) is 0 Å². The zero-order valence-corrected chi connectivity index (χ0v) is 11.9. The Morgan fingerprint density at radius 3 is 2.86 bits per heavy atom. The van der Waals surface area contributed by atoms with Crippen LogP contribution in [0, 0.1) is 0 Å². The van der Waals surface area contributed by atoms with Gasteiger partial charge in [-0.3, -0.25) is 14.9 Å². The van der Waals surface area contributed by atoms with E-state index < -0.39 is 0 Å². The number of nitrogens with zero attached hydrogens (tertiary/aromatic N) is 2. The van der Waals surface area contributed by atoms with E-state index in [1.807, 2.05) is 24.3 Å². The maximum Gasteiger partial charge on any atom is 0.276 e. The summed E-state index contributed by atoms with van der Waals surface area (Å²) in [6, 6.07) is 9.59. The van der Waals surface area contributed by atoms with E-state index in [1.165, 1.54) is 0 Å². The summed E-state index contributed by atoms with van der Waals surface area (Å²) in [6.45, 7) is 4.19. The molecular formula is C16H16N4O. The molecule has 0 fully saturated rings. The maximum atomic E-state index is 12.4. The summed E-state index contributed by atoms with van der Waals surface area (Å²) in [5, 5.41) is 10.6. The van der Waals surface area contributed by atoms with E-state index in [1.54, 1.807) is 18.5 Å². The molecule has 0 saturated heterocycles. The van der Waals surface area contributed by atoms with Crippen molar-refractivity contribution in [2.75, 3.05) is 5.32 Å². The first kappa shape index (κ1) is 13.3. The lowest BCUT2D eigenvalue weighted by atomic mass is 10.0. The Kier molecular flexibility index (Phi) is 3.39. The number of nitrogens with one attached hydrogen (secondary N) is 2. The van der Waals surface area contributed by atoms with Crippen LogP contribution in [-0.4, -0.2) is 21.1 Å². The minimum atomic E-state index is -0.234. The van der Waals surface area contributed by atoms with Gasteiger partial charge in [0, 0.05) is 18.1 Å². The minimum Gasteiger partial charge on any atom is -0.320 e. The second-order valence-electron chi connectivity index (χ2n) is 5.19. The van der Waals surface area contributed by atoms with Crippen molar-refractivity contribution < 1.29 is 4.79 Å².